The molecule has 0 amide bonds. The Balaban J connectivity index is 1.99. The van der Waals surface area contributed by atoms with E-state index in [1.54, 1.807) is 0 Å². The first kappa shape index (κ1) is 13.5. The van der Waals surface area contributed by atoms with E-state index in [1.807, 2.05) is 6.92 Å². The van der Waals surface area contributed by atoms with Crippen molar-refractivity contribution >= 4 is 12.6 Å². The van der Waals surface area contributed by atoms with Gasteiger partial charge in [-0.05, 0) is 42.9 Å². The van der Waals surface area contributed by atoms with E-state index in [9.17, 15) is 0 Å². The Morgan fingerprint density at radius 1 is 1.28 bits per heavy atom. The van der Waals surface area contributed by atoms with Gasteiger partial charge in [-0.25, -0.2) is 0 Å². The van der Waals surface area contributed by atoms with Gasteiger partial charge in [0.15, 0.2) is 0 Å². The van der Waals surface area contributed by atoms with Crippen LogP contribution in [0.2, 0.25) is 0 Å². The average Bonchev–Trinajstić information content (AvgIpc) is 2.37. The van der Waals surface area contributed by atoms with Gasteiger partial charge in [-0.15, -0.1) is 12.6 Å². The van der Waals surface area contributed by atoms with Crippen molar-refractivity contribution in [1.29, 1.82) is 5.26 Å². The van der Waals surface area contributed by atoms with E-state index < -0.39 is 0 Å². The zero-order valence-corrected chi connectivity index (χ0v) is 12.0. The molecule has 0 unspecified atom stereocenters. The summed E-state index contributed by atoms with van der Waals surface area (Å²) in [7, 11) is 0. The molecule has 1 nitrogen and oxygen atoms in total. The summed E-state index contributed by atoms with van der Waals surface area (Å²) >= 11 is 4.41. The second-order valence-electron chi connectivity index (χ2n) is 5.46. The predicted molar refractivity (Wildman–Crippen MR) is 78.0 cm³/mol. The van der Waals surface area contributed by atoms with Gasteiger partial charge in [0.2, 0.25) is 0 Å². The second kappa shape index (κ2) is 6.29. The standard InChI is InChI=1S/C16H21NS/c1-12-9-14(10-16(18)15(12)11-17)8-7-13-5-3-2-4-6-13/h9-10,13,18H,2-8H2,1H3. The molecule has 0 atom stereocenters. The summed E-state index contributed by atoms with van der Waals surface area (Å²) in [6, 6.07) is 6.44. The first-order valence-electron chi connectivity index (χ1n) is 6.93. The van der Waals surface area contributed by atoms with Crippen LogP contribution in [-0.2, 0) is 6.42 Å². The van der Waals surface area contributed by atoms with Crippen LogP contribution >= 0.6 is 12.6 Å². The number of hydrogen-bond donors (Lipinski definition) is 1. The van der Waals surface area contributed by atoms with Crippen molar-refractivity contribution in [1.82, 2.24) is 0 Å². The molecule has 96 valence electrons. The fraction of sp³-hybridized carbons (Fsp3) is 0.562. The van der Waals surface area contributed by atoms with Crippen LogP contribution in [0.5, 0.6) is 0 Å². The van der Waals surface area contributed by atoms with Crippen LogP contribution in [0.15, 0.2) is 17.0 Å². The summed E-state index contributed by atoms with van der Waals surface area (Å²) in [6.45, 7) is 2.00. The molecule has 0 radical (unpaired) electrons. The third-order valence-corrected chi connectivity index (χ3v) is 4.41. The molecule has 0 bridgehead atoms. The number of rotatable bonds is 3. The van der Waals surface area contributed by atoms with Crippen molar-refractivity contribution in [2.24, 2.45) is 5.92 Å². The maximum absolute atomic E-state index is 9.03. The molecule has 1 aromatic rings. The topological polar surface area (TPSA) is 23.8 Å². The molecule has 2 heteroatoms. The van der Waals surface area contributed by atoms with E-state index in [1.165, 1.54) is 44.1 Å². The van der Waals surface area contributed by atoms with E-state index in [-0.39, 0.29) is 0 Å². The van der Waals surface area contributed by atoms with Gasteiger partial charge in [-0.3, -0.25) is 0 Å². The summed E-state index contributed by atoms with van der Waals surface area (Å²) in [5, 5.41) is 9.03. The fourth-order valence-corrected chi connectivity index (χ4v) is 3.37. The molecular weight excluding hydrogens is 238 g/mol. The van der Waals surface area contributed by atoms with Gasteiger partial charge in [-0.2, -0.15) is 5.26 Å². The summed E-state index contributed by atoms with van der Waals surface area (Å²) < 4.78 is 0. The molecule has 0 spiro atoms. The molecule has 0 heterocycles. The van der Waals surface area contributed by atoms with Crippen molar-refractivity contribution in [3.63, 3.8) is 0 Å². The van der Waals surface area contributed by atoms with Crippen LogP contribution in [0.3, 0.4) is 0 Å². The van der Waals surface area contributed by atoms with Crippen LogP contribution in [0.4, 0.5) is 0 Å². The number of benzene rings is 1. The molecule has 1 aliphatic rings. The Bertz CT molecular complexity index is 430. The second-order valence-corrected chi connectivity index (χ2v) is 5.94. The van der Waals surface area contributed by atoms with E-state index in [0.29, 0.717) is 0 Å². The molecule has 1 saturated carbocycles. The molecule has 1 aromatic carbocycles. The van der Waals surface area contributed by atoms with Gasteiger partial charge >= 0.3 is 0 Å². The lowest BCUT2D eigenvalue weighted by molar-refractivity contribution is 0.339. The Morgan fingerprint density at radius 2 is 2.00 bits per heavy atom. The van der Waals surface area contributed by atoms with Crippen LogP contribution in [-0.4, -0.2) is 0 Å². The van der Waals surface area contributed by atoms with Crippen molar-refractivity contribution in [2.75, 3.05) is 0 Å². The van der Waals surface area contributed by atoms with E-state index in [0.717, 1.165) is 28.4 Å². The third kappa shape index (κ3) is 3.29. The summed E-state index contributed by atoms with van der Waals surface area (Å²) in [5.41, 5.74) is 3.12. The van der Waals surface area contributed by atoms with Gasteiger partial charge in [0.05, 0.1) is 5.56 Å². The minimum absolute atomic E-state index is 0.722. The van der Waals surface area contributed by atoms with Gasteiger partial charge in [-0.1, -0.05) is 38.2 Å². The minimum atomic E-state index is 0.722. The SMILES string of the molecule is Cc1cc(CCC2CCCCC2)cc(S)c1C#N. The normalized spacial score (nSPS) is 16.5. The summed E-state index contributed by atoms with van der Waals surface area (Å²) in [4.78, 5) is 0.830. The first-order valence-corrected chi connectivity index (χ1v) is 7.38. The Hall–Kier alpha value is -0.940. The van der Waals surface area contributed by atoms with Crippen molar-refractivity contribution < 1.29 is 0 Å². The number of nitrogens with zero attached hydrogens (tertiary/aromatic N) is 1. The molecule has 0 aromatic heterocycles. The van der Waals surface area contributed by atoms with Crippen LogP contribution in [0, 0.1) is 24.2 Å². The average molecular weight is 259 g/mol. The highest BCUT2D eigenvalue weighted by Crippen LogP contribution is 2.28. The number of thiol groups is 1. The maximum atomic E-state index is 9.03. The molecule has 0 N–H and O–H groups in total. The van der Waals surface area contributed by atoms with Crippen molar-refractivity contribution in [3.8, 4) is 6.07 Å². The van der Waals surface area contributed by atoms with Gasteiger partial charge in [0.25, 0.3) is 0 Å². The maximum Gasteiger partial charge on any atom is 0.101 e. The minimum Gasteiger partial charge on any atom is -0.192 e. The smallest absolute Gasteiger partial charge is 0.101 e. The molecule has 1 fully saturated rings. The highest BCUT2D eigenvalue weighted by Gasteiger charge is 2.13. The van der Waals surface area contributed by atoms with Crippen molar-refractivity contribution in [3.05, 3.63) is 28.8 Å². The number of aryl methyl sites for hydroxylation is 2. The molecular formula is C16H21NS. The lowest BCUT2D eigenvalue weighted by Gasteiger charge is -2.21. The zero-order chi connectivity index (χ0) is 13.0. The molecule has 2 rings (SSSR count). The number of hydrogen-bond acceptors (Lipinski definition) is 2. The van der Waals surface area contributed by atoms with E-state index in [2.05, 4.69) is 30.8 Å². The molecule has 0 saturated heterocycles. The predicted octanol–water partition coefficient (Wildman–Crippen LogP) is 4.67. The van der Waals surface area contributed by atoms with Crippen LogP contribution < -0.4 is 0 Å². The van der Waals surface area contributed by atoms with Crippen LogP contribution in [0.1, 0.15) is 55.2 Å². The van der Waals surface area contributed by atoms with Crippen molar-refractivity contribution in [2.45, 2.75) is 56.8 Å². The monoisotopic (exact) mass is 259 g/mol. The van der Waals surface area contributed by atoms with Gasteiger partial charge in [0, 0.05) is 4.90 Å². The first-order chi connectivity index (χ1) is 8.70. The Morgan fingerprint density at radius 3 is 2.61 bits per heavy atom. The van der Waals surface area contributed by atoms with Crippen LogP contribution in [0.25, 0.3) is 0 Å². The Labute approximate surface area is 116 Å². The molecule has 18 heavy (non-hydrogen) atoms. The quantitative estimate of drug-likeness (QED) is 0.784. The summed E-state index contributed by atoms with van der Waals surface area (Å²) in [6.07, 6.45) is 9.48. The lowest BCUT2D eigenvalue weighted by Crippen LogP contribution is -2.07. The highest BCUT2D eigenvalue weighted by molar-refractivity contribution is 7.80. The zero-order valence-electron chi connectivity index (χ0n) is 11.1. The number of nitriles is 1. The van der Waals surface area contributed by atoms with Gasteiger partial charge in [0.1, 0.15) is 6.07 Å². The summed E-state index contributed by atoms with van der Waals surface area (Å²) in [5.74, 6) is 0.915. The third-order valence-electron chi connectivity index (χ3n) is 4.05. The fourth-order valence-electron chi connectivity index (χ4n) is 2.98. The van der Waals surface area contributed by atoms with Gasteiger partial charge < -0.3 is 0 Å². The lowest BCUT2D eigenvalue weighted by atomic mass is 9.85. The molecule has 1 aliphatic carbocycles. The van der Waals surface area contributed by atoms with E-state index in [4.69, 9.17) is 5.26 Å². The highest BCUT2D eigenvalue weighted by atomic mass is 32.1. The molecule has 0 aliphatic heterocycles. The Kier molecular flexibility index (Phi) is 4.72. The largest absolute Gasteiger partial charge is 0.192 e. The van der Waals surface area contributed by atoms with E-state index >= 15 is 0 Å².